The van der Waals surface area contributed by atoms with E-state index >= 15 is 0 Å². The molecule has 2 aromatic heterocycles. The van der Waals surface area contributed by atoms with Crippen molar-refractivity contribution >= 4 is 17.8 Å². The van der Waals surface area contributed by atoms with E-state index in [1.54, 1.807) is 29.4 Å². The quantitative estimate of drug-likeness (QED) is 0.836. The van der Waals surface area contributed by atoms with Gasteiger partial charge in [0.15, 0.2) is 11.5 Å². The molecule has 3 rings (SSSR count). The molecule has 1 fully saturated rings. The Morgan fingerprint density at radius 1 is 1.33 bits per heavy atom. The normalized spacial score (nSPS) is 14.8. The fourth-order valence-electron chi connectivity index (χ4n) is 2.97. The third-order valence-corrected chi connectivity index (χ3v) is 4.59. The summed E-state index contributed by atoms with van der Waals surface area (Å²) in [6.45, 7) is 0.658. The number of nitrogens with zero attached hydrogens (tertiary/aromatic N) is 4. The number of carboxylic acid groups (broad SMARTS) is 1. The minimum Gasteiger partial charge on any atom is -0.481 e. The van der Waals surface area contributed by atoms with Gasteiger partial charge in [-0.2, -0.15) is 0 Å². The van der Waals surface area contributed by atoms with E-state index < -0.39 is 17.8 Å². The van der Waals surface area contributed by atoms with Gasteiger partial charge in [-0.15, -0.1) is 0 Å². The van der Waals surface area contributed by atoms with Crippen LogP contribution in [0.5, 0.6) is 0 Å². The number of carboxylic acids is 1. The van der Waals surface area contributed by atoms with E-state index in [1.807, 2.05) is 0 Å². The molecule has 1 saturated heterocycles. The number of rotatable bonds is 5. The monoisotopic (exact) mass is 372 g/mol. The Kier molecular flexibility index (Phi) is 5.49. The van der Waals surface area contributed by atoms with E-state index in [9.17, 15) is 14.4 Å². The lowest BCUT2D eigenvalue weighted by Gasteiger charge is -2.31. The molecule has 0 aliphatic carbocycles. The van der Waals surface area contributed by atoms with Crippen molar-refractivity contribution in [3.05, 3.63) is 36.3 Å². The van der Waals surface area contributed by atoms with Gasteiger partial charge in [0.05, 0.1) is 12.5 Å². The lowest BCUT2D eigenvalue weighted by atomic mass is 9.97. The molecular weight excluding hydrogens is 352 g/mol. The molecule has 2 amide bonds. The zero-order valence-corrected chi connectivity index (χ0v) is 14.9. The van der Waals surface area contributed by atoms with Crippen LogP contribution in [0.15, 0.2) is 35.1 Å². The Morgan fingerprint density at radius 3 is 2.70 bits per heavy atom. The van der Waals surface area contributed by atoms with Crippen LogP contribution in [0, 0.1) is 5.92 Å². The average molecular weight is 372 g/mol. The smallest absolute Gasteiger partial charge is 0.306 e. The number of amides is 2. The van der Waals surface area contributed by atoms with Crippen molar-refractivity contribution in [2.24, 2.45) is 5.92 Å². The standard InChI is InChI=1S/C18H20N4O5/c1-21(11-16(23)22-7-4-12(5-8-22)18(25)26)17(24)14-9-15(27-20-14)13-3-2-6-19-10-13/h2-3,6,9-10,12H,4-5,7-8,11H2,1H3,(H,25,26). The summed E-state index contributed by atoms with van der Waals surface area (Å²) in [7, 11) is 1.52. The summed E-state index contributed by atoms with van der Waals surface area (Å²) < 4.78 is 5.19. The Morgan fingerprint density at radius 2 is 2.07 bits per heavy atom. The topological polar surface area (TPSA) is 117 Å². The van der Waals surface area contributed by atoms with E-state index in [0.717, 1.165) is 0 Å². The molecular formula is C18H20N4O5. The summed E-state index contributed by atoms with van der Waals surface area (Å²) in [5.41, 5.74) is 0.804. The van der Waals surface area contributed by atoms with Crippen molar-refractivity contribution in [2.75, 3.05) is 26.7 Å². The van der Waals surface area contributed by atoms with Gasteiger partial charge in [0, 0.05) is 44.2 Å². The van der Waals surface area contributed by atoms with Gasteiger partial charge in [-0.1, -0.05) is 5.16 Å². The molecule has 0 radical (unpaired) electrons. The van der Waals surface area contributed by atoms with Crippen LogP contribution in [0.25, 0.3) is 11.3 Å². The zero-order chi connectivity index (χ0) is 19.4. The number of aromatic nitrogens is 2. The van der Waals surface area contributed by atoms with E-state index in [-0.39, 0.29) is 18.1 Å². The average Bonchev–Trinajstić information content (AvgIpc) is 3.18. The van der Waals surface area contributed by atoms with Gasteiger partial charge in [0.25, 0.3) is 5.91 Å². The Labute approximate surface area is 155 Å². The number of likely N-dealkylation sites (tertiary alicyclic amines) is 1. The third-order valence-electron chi connectivity index (χ3n) is 4.59. The predicted molar refractivity (Wildman–Crippen MR) is 93.6 cm³/mol. The Hall–Kier alpha value is -3.23. The molecule has 9 nitrogen and oxygen atoms in total. The summed E-state index contributed by atoms with van der Waals surface area (Å²) in [6.07, 6.45) is 4.08. The van der Waals surface area contributed by atoms with Gasteiger partial charge in [0.2, 0.25) is 5.91 Å². The molecule has 0 aromatic carbocycles. The predicted octanol–water partition coefficient (Wildman–Crippen LogP) is 1.13. The lowest BCUT2D eigenvalue weighted by molar-refractivity contribution is -0.145. The van der Waals surface area contributed by atoms with Crippen molar-refractivity contribution in [1.82, 2.24) is 19.9 Å². The molecule has 0 spiro atoms. The van der Waals surface area contributed by atoms with Crippen molar-refractivity contribution < 1.29 is 24.0 Å². The van der Waals surface area contributed by atoms with Crippen LogP contribution in [0.3, 0.4) is 0 Å². The molecule has 1 N–H and O–H groups in total. The fraction of sp³-hybridized carbons (Fsp3) is 0.389. The number of piperidine rings is 1. The SMILES string of the molecule is CN(CC(=O)N1CCC(C(=O)O)CC1)C(=O)c1cc(-c2cccnc2)on1. The molecule has 1 aliphatic heterocycles. The number of pyridine rings is 1. The van der Waals surface area contributed by atoms with Crippen LogP contribution >= 0.6 is 0 Å². The van der Waals surface area contributed by atoms with Crippen LogP contribution in [-0.4, -0.2) is 69.5 Å². The van der Waals surface area contributed by atoms with E-state index in [4.69, 9.17) is 9.63 Å². The molecule has 9 heteroatoms. The first-order chi connectivity index (χ1) is 13.0. The number of hydrogen-bond donors (Lipinski definition) is 1. The first-order valence-electron chi connectivity index (χ1n) is 8.59. The van der Waals surface area contributed by atoms with Crippen LogP contribution in [0.2, 0.25) is 0 Å². The molecule has 142 valence electrons. The number of aliphatic carboxylic acids is 1. The second-order valence-electron chi connectivity index (χ2n) is 6.47. The van der Waals surface area contributed by atoms with E-state index in [1.165, 1.54) is 18.0 Å². The second-order valence-corrected chi connectivity index (χ2v) is 6.47. The Balaban J connectivity index is 1.57. The maximum Gasteiger partial charge on any atom is 0.306 e. The van der Waals surface area contributed by atoms with E-state index in [0.29, 0.717) is 37.3 Å². The first kappa shape index (κ1) is 18.6. The van der Waals surface area contributed by atoms with Crippen molar-refractivity contribution in [3.8, 4) is 11.3 Å². The fourth-order valence-corrected chi connectivity index (χ4v) is 2.97. The minimum atomic E-state index is -0.829. The minimum absolute atomic E-state index is 0.105. The summed E-state index contributed by atoms with van der Waals surface area (Å²) in [4.78, 5) is 42.7. The number of likely N-dealkylation sites (N-methyl/N-ethyl adjacent to an activating group) is 1. The van der Waals surface area contributed by atoms with Crippen LogP contribution < -0.4 is 0 Å². The highest BCUT2D eigenvalue weighted by molar-refractivity contribution is 5.95. The van der Waals surface area contributed by atoms with Gasteiger partial charge in [-0.3, -0.25) is 19.4 Å². The molecule has 0 unspecified atom stereocenters. The summed E-state index contributed by atoms with van der Waals surface area (Å²) >= 11 is 0. The molecule has 3 heterocycles. The highest BCUT2D eigenvalue weighted by Gasteiger charge is 2.28. The van der Waals surface area contributed by atoms with Gasteiger partial charge in [-0.25, -0.2) is 0 Å². The molecule has 0 atom stereocenters. The first-order valence-corrected chi connectivity index (χ1v) is 8.59. The lowest BCUT2D eigenvalue weighted by Crippen LogP contribution is -2.45. The largest absolute Gasteiger partial charge is 0.481 e. The molecule has 1 aliphatic rings. The van der Waals surface area contributed by atoms with Crippen molar-refractivity contribution in [3.63, 3.8) is 0 Å². The number of carbonyl (C=O) groups is 3. The highest BCUT2D eigenvalue weighted by atomic mass is 16.5. The van der Waals surface area contributed by atoms with Crippen molar-refractivity contribution in [2.45, 2.75) is 12.8 Å². The van der Waals surface area contributed by atoms with E-state index in [2.05, 4.69) is 10.1 Å². The highest BCUT2D eigenvalue weighted by Crippen LogP contribution is 2.20. The van der Waals surface area contributed by atoms with Crippen molar-refractivity contribution in [1.29, 1.82) is 0 Å². The number of hydrogen-bond acceptors (Lipinski definition) is 6. The summed E-state index contributed by atoms with van der Waals surface area (Å²) in [6, 6.07) is 5.05. The summed E-state index contributed by atoms with van der Waals surface area (Å²) in [5, 5.41) is 12.8. The summed E-state index contributed by atoms with van der Waals surface area (Å²) in [5.74, 6) is -1.46. The molecule has 0 bridgehead atoms. The van der Waals surface area contributed by atoms with Crippen LogP contribution in [0.4, 0.5) is 0 Å². The maximum absolute atomic E-state index is 12.5. The Bertz CT molecular complexity index is 827. The molecule has 0 saturated carbocycles. The maximum atomic E-state index is 12.5. The van der Waals surface area contributed by atoms with Crippen LogP contribution in [-0.2, 0) is 9.59 Å². The third kappa shape index (κ3) is 4.30. The number of carbonyl (C=O) groups excluding carboxylic acids is 2. The van der Waals surface area contributed by atoms with Gasteiger partial charge in [0.1, 0.15) is 0 Å². The molecule has 2 aromatic rings. The van der Waals surface area contributed by atoms with Crippen LogP contribution in [0.1, 0.15) is 23.3 Å². The second kappa shape index (κ2) is 7.98. The zero-order valence-electron chi connectivity index (χ0n) is 14.9. The molecule has 27 heavy (non-hydrogen) atoms. The van der Waals surface area contributed by atoms with Gasteiger partial charge >= 0.3 is 5.97 Å². The van der Waals surface area contributed by atoms with Gasteiger partial charge < -0.3 is 19.4 Å². The van der Waals surface area contributed by atoms with Gasteiger partial charge in [-0.05, 0) is 25.0 Å².